The summed E-state index contributed by atoms with van der Waals surface area (Å²) in [4.78, 5) is 27.9. The summed E-state index contributed by atoms with van der Waals surface area (Å²) >= 11 is 6.13. The van der Waals surface area contributed by atoms with Crippen molar-refractivity contribution < 1.29 is 9.59 Å². The third-order valence-electron chi connectivity index (χ3n) is 4.37. The Morgan fingerprint density at radius 1 is 1.08 bits per heavy atom. The second kappa shape index (κ2) is 8.14. The molecule has 2 aromatic rings. The van der Waals surface area contributed by atoms with E-state index in [0.29, 0.717) is 43.4 Å². The van der Waals surface area contributed by atoms with Crippen molar-refractivity contribution in [1.82, 2.24) is 20.4 Å². The molecule has 2 amide bonds. The molecular weight excluding hydrogens is 354 g/mol. The number of anilines is 1. The monoisotopic (exact) mass is 373 g/mol. The number of piperazine rings is 1. The summed E-state index contributed by atoms with van der Waals surface area (Å²) in [6, 6.07) is 10.8. The number of rotatable bonds is 4. The van der Waals surface area contributed by atoms with Crippen molar-refractivity contribution in [2.75, 3.05) is 38.1 Å². The van der Waals surface area contributed by atoms with Crippen LogP contribution in [0.15, 0.2) is 36.4 Å². The molecule has 8 heteroatoms. The maximum atomic E-state index is 12.5. The van der Waals surface area contributed by atoms with Gasteiger partial charge in [0.1, 0.15) is 0 Å². The van der Waals surface area contributed by atoms with Gasteiger partial charge in [-0.1, -0.05) is 29.8 Å². The highest BCUT2D eigenvalue weighted by Crippen LogP contribution is 2.18. The van der Waals surface area contributed by atoms with Gasteiger partial charge < -0.3 is 15.1 Å². The second-order valence-electron chi connectivity index (χ2n) is 5.99. The quantitative estimate of drug-likeness (QED) is 0.876. The first-order valence-corrected chi connectivity index (χ1v) is 8.78. The van der Waals surface area contributed by atoms with Crippen molar-refractivity contribution in [2.24, 2.45) is 0 Å². The summed E-state index contributed by atoms with van der Waals surface area (Å²) in [5.74, 6) is 0.508. The Kier molecular flexibility index (Phi) is 5.68. The van der Waals surface area contributed by atoms with Gasteiger partial charge in [0.05, 0.1) is 6.42 Å². The Labute approximate surface area is 157 Å². The van der Waals surface area contributed by atoms with Crippen LogP contribution in [0.1, 0.15) is 16.1 Å². The summed E-state index contributed by atoms with van der Waals surface area (Å²) in [6.45, 7) is 2.56. The van der Waals surface area contributed by atoms with E-state index in [4.69, 9.17) is 11.6 Å². The van der Waals surface area contributed by atoms with Crippen molar-refractivity contribution in [3.05, 3.63) is 52.7 Å². The number of hydrogen-bond acceptors (Lipinski definition) is 5. The molecule has 136 valence electrons. The molecule has 1 aliphatic heterocycles. The third-order valence-corrected chi connectivity index (χ3v) is 4.73. The van der Waals surface area contributed by atoms with Crippen molar-refractivity contribution in [3.63, 3.8) is 0 Å². The van der Waals surface area contributed by atoms with Crippen molar-refractivity contribution >= 4 is 29.2 Å². The number of nitrogens with zero attached hydrogens (tertiary/aromatic N) is 4. The number of amides is 2. The molecule has 1 aliphatic rings. The minimum absolute atomic E-state index is 0.0683. The molecular formula is C18H20ClN5O2. The average molecular weight is 374 g/mol. The van der Waals surface area contributed by atoms with Gasteiger partial charge in [0.2, 0.25) is 5.91 Å². The molecule has 0 radical (unpaired) electrons. The first-order valence-electron chi connectivity index (χ1n) is 8.40. The molecule has 2 heterocycles. The first kappa shape index (κ1) is 18.1. The summed E-state index contributed by atoms with van der Waals surface area (Å²) in [5, 5.41) is 11.2. The fourth-order valence-corrected chi connectivity index (χ4v) is 3.05. The average Bonchev–Trinajstić information content (AvgIpc) is 2.69. The van der Waals surface area contributed by atoms with E-state index in [1.165, 1.54) is 0 Å². The molecule has 0 unspecified atom stereocenters. The van der Waals surface area contributed by atoms with Gasteiger partial charge in [0, 0.05) is 38.2 Å². The minimum Gasteiger partial charge on any atom is -0.354 e. The van der Waals surface area contributed by atoms with Gasteiger partial charge in [-0.15, -0.1) is 10.2 Å². The molecule has 0 spiro atoms. The van der Waals surface area contributed by atoms with Gasteiger partial charge in [0.15, 0.2) is 11.5 Å². The zero-order valence-corrected chi connectivity index (χ0v) is 15.2. The molecule has 0 aliphatic carbocycles. The lowest BCUT2D eigenvalue weighted by Gasteiger charge is -2.35. The summed E-state index contributed by atoms with van der Waals surface area (Å²) in [6.07, 6.45) is 0.306. The van der Waals surface area contributed by atoms with E-state index in [9.17, 15) is 9.59 Å². The fourth-order valence-electron chi connectivity index (χ4n) is 2.84. The number of hydrogen-bond donors (Lipinski definition) is 1. The molecule has 0 saturated carbocycles. The number of carbonyl (C=O) groups is 2. The minimum atomic E-state index is -0.265. The highest BCUT2D eigenvalue weighted by Gasteiger charge is 2.22. The lowest BCUT2D eigenvalue weighted by Crippen LogP contribution is -2.49. The van der Waals surface area contributed by atoms with Crippen LogP contribution in [-0.4, -0.2) is 60.1 Å². The molecule has 1 aromatic heterocycles. The molecule has 26 heavy (non-hydrogen) atoms. The highest BCUT2D eigenvalue weighted by atomic mass is 35.5. The summed E-state index contributed by atoms with van der Waals surface area (Å²) in [5.41, 5.74) is 1.13. The molecule has 7 nitrogen and oxygen atoms in total. The Morgan fingerprint density at radius 2 is 1.81 bits per heavy atom. The van der Waals surface area contributed by atoms with Crippen molar-refractivity contribution in [2.45, 2.75) is 6.42 Å². The van der Waals surface area contributed by atoms with E-state index in [-0.39, 0.29) is 17.5 Å². The summed E-state index contributed by atoms with van der Waals surface area (Å²) < 4.78 is 0. The zero-order chi connectivity index (χ0) is 18.5. The van der Waals surface area contributed by atoms with Crippen LogP contribution in [0.25, 0.3) is 0 Å². The van der Waals surface area contributed by atoms with Crippen molar-refractivity contribution in [1.29, 1.82) is 0 Å². The Hall–Kier alpha value is -2.67. The molecule has 1 N–H and O–H groups in total. The molecule has 1 fully saturated rings. The predicted molar refractivity (Wildman–Crippen MR) is 99.4 cm³/mol. The Bertz CT molecular complexity index is 788. The standard InChI is InChI=1S/C18H20ClN5O2/c1-20-18(26)15-6-7-16(22-21-15)23-8-10-24(11-9-23)17(25)12-13-4-2-3-5-14(13)19/h2-7H,8-12H2,1H3,(H,20,26). The van der Waals surface area contributed by atoms with Gasteiger partial charge in [-0.05, 0) is 23.8 Å². The first-order chi connectivity index (χ1) is 12.6. The van der Waals surface area contributed by atoms with E-state index < -0.39 is 0 Å². The van der Waals surface area contributed by atoms with Crippen LogP contribution in [0.3, 0.4) is 0 Å². The maximum absolute atomic E-state index is 12.5. The highest BCUT2D eigenvalue weighted by molar-refractivity contribution is 6.31. The molecule has 1 aromatic carbocycles. The van der Waals surface area contributed by atoms with Crippen LogP contribution in [0.4, 0.5) is 5.82 Å². The number of halogens is 1. The van der Waals surface area contributed by atoms with Gasteiger partial charge >= 0.3 is 0 Å². The van der Waals surface area contributed by atoms with Gasteiger partial charge in [-0.25, -0.2) is 0 Å². The fraction of sp³-hybridized carbons (Fsp3) is 0.333. The molecule has 3 rings (SSSR count). The number of carbonyl (C=O) groups excluding carboxylic acids is 2. The normalized spacial score (nSPS) is 14.2. The predicted octanol–water partition coefficient (Wildman–Crippen LogP) is 1.38. The van der Waals surface area contributed by atoms with Crippen molar-refractivity contribution in [3.8, 4) is 0 Å². The number of benzene rings is 1. The number of aromatic nitrogens is 2. The van der Waals surface area contributed by atoms with E-state index in [0.717, 1.165) is 5.56 Å². The molecule has 0 atom stereocenters. The van der Waals surface area contributed by atoms with Crippen LogP contribution >= 0.6 is 11.6 Å². The lowest BCUT2D eigenvalue weighted by atomic mass is 10.1. The number of nitrogens with one attached hydrogen (secondary N) is 1. The smallest absolute Gasteiger partial charge is 0.271 e. The van der Waals surface area contributed by atoms with Crippen LogP contribution in [0.2, 0.25) is 5.02 Å². The Balaban J connectivity index is 1.56. The molecule has 0 bridgehead atoms. The zero-order valence-electron chi connectivity index (χ0n) is 14.5. The van der Waals surface area contributed by atoms with Crippen LogP contribution in [0.5, 0.6) is 0 Å². The van der Waals surface area contributed by atoms with E-state index in [1.54, 1.807) is 25.2 Å². The maximum Gasteiger partial charge on any atom is 0.271 e. The van der Waals surface area contributed by atoms with E-state index in [2.05, 4.69) is 20.4 Å². The van der Waals surface area contributed by atoms with E-state index >= 15 is 0 Å². The Morgan fingerprint density at radius 3 is 2.42 bits per heavy atom. The largest absolute Gasteiger partial charge is 0.354 e. The SMILES string of the molecule is CNC(=O)c1ccc(N2CCN(C(=O)Cc3ccccc3Cl)CC2)nn1. The van der Waals surface area contributed by atoms with Crippen LogP contribution in [0, 0.1) is 0 Å². The van der Waals surface area contributed by atoms with Crippen LogP contribution < -0.4 is 10.2 Å². The second-order valence-corrected chi connectivity index (χ2v) is 6.40. The van der Waals surface area contributed by atoms with Gasteiger partial charge in [0.25, 0.3) is 5.91 Å². The third kappa shape index (κ3) is 4.11. The summed E-state index contributed by atoms with van der Waals surface area (Å²) in [7, 11) is 1.55. The van der Waals surface area contributed by atoms with Gasteiger partial charge in [-0.2, -0.15) is 0 Å². The lowest BCUT2D eigenvalue weighted by molar-refractivity contribution is -0.130. The molecule has 1 saturated heterocycles. The topological polar surface area (TPSA) is 78.4 Å². The van der Waals surface area contributed by atoms with E-state index in [1.807, 2.05) is 23.1 Å². The van der Waals surface area contributed by atoms with Crippen LogP contribution in [-0.2, 0) is 11.2 Å². The van der Waals surface area contributed by atoms with Gasteiger partial charge in [-0.3, -0.25) is 9.59 Å².